The molecular formula is C11H22O4Si. The zero-order valence-corrected chi connectivity index (χ0v) is 11.7. The quantitative estimate of drug-likeness (QED) is 0.608. The molecule has 0 saturated carbocycles. The minimum Gasteiger partial charge on any atom is -0.457 e. The third-order valence-electron chi connectivity index (χ3n) is 3.50. The van der Waals surface area contributed by atoms with E-state index >= 15 is 0 Å². The van der Waals surface area contributed by atoms with Crippen molar-refractivity contribution in [1.82, 2.24) is 0 Å². The fraction of sp³-hybridized carbons (Fsp3) is 0.909. The van der Waals surface area contributed by atoms with Gasteiger partial charge in [-0.3, -0.25) is 4.79 Å². The highest BCUT2D eigenvalue weighted by atomic mass is 28.4. The van der Waals surface area contributed by atoms with Gasteiger partial charge in [-0.2, -0.15) is 0 Å². The number of aliphatic hydroxyl groups is 1. The summed E-state index contributed by atoms with van der Waals surface area (Å²) in [5.74, 6) is -0.337. The first-order valence-corrected chi connectivity index (χ1v) is 8.56. The fourth-order valence-corrected chi connectivity index (χ4v) is 2.26. The van der Waals surface area contributed by atoms with Crippen molar-refractivity contribution >= 4 is 14.3 Å². The monoisotopic (exact) mass is 246 g/mol. The zero-order chi connectivity index (χ0) is 12.6. The van der Waals surface area contributed by atoms with Gasteiger partial charge in [0, 0.05) is 0 Å². The Bertz CT molecular complexity index is 270. The number of hydrogen-bond donors (Lipinski definition) is 1. The van der Waals surface area contributed by atoms with E-state index in [1.54, 1.807) is 0 Å². The molecule has 1 saturated heterocycles. The third-order valence-corrected chi connectivity index (χ3v) is 8.00. The second-order valence-corrected chi connectivity index (χ2v) is 10.7. The summed E-state index contributed by atoms with van der Waals surface area (Å²) in [5, 5.41) is 9.67. The van der Waals surface area contributed by atoms with Crippen molar-refractivity contribution in [3.05, 3.63) is 0 Å². The molecule has 2 atom stereocenters. The van der Waals surface area contributed by atoms with Gasteiger partial charge in [-0.1, -0.05) is 20.8 Å². The van der Waals surface area contributed by atoms with E-state index in [1.807, 2.05) is 0 Å². The van der Waals surface area contributed by atoms with Gasteiger partial charge < -0.3 is 14.3 Å². The van der Waals surface area contributed by atoms with Crippen molar-refractivity contribution < 1.29 is 19.1 Å². The van der Waals surface area contributed by atoms with Crippen molar-refractivity contribution in [2.24, 2.45) is 0 Å². The maximum atomic E-state index is 11.0. The molecule has 0 amide bonds. The van der Waals surface area contributed by atoms with E-state index in [-0.39, 0.29) is 17.4 Å². The van der Waals surface area contributed by atoms with Crippen LogP contribution in [0.2, 0.25) is 18.1 Å². The Balaban J connectivity index is 2.49. The highest BCUT2D eigenvalue weighted by molar-refractivity contribution is 6.74. The second-order valence-electron chi connectivity index (χ2n) is 5.87. The van der Waals surface area contributed by atoms with Gasteiger partial charge in [0.25, 0.3) is 0 Å². The number of carbonyl (C=O) groups is 1. The summed E-state index contributed by atoms with van der Waals surface area (Å²) >= 11 is 0. The van der Waals surface area contributed by atoms with Crippen LogP contribution in [0, 0.1) is 0 Å². The van der Waals surface area contributed by atoms with Crippen molar-refractivity contribution in [1.29, 1.82) is 0 Å². The van der Waals surface area contributed by atoms with Crippen molar-refractivity contribution in [2.75, 3.05) is 6.61 Å². The smallest absolute Gasteiger partial charge is 0.309 e. The molecule has 0 aromatic heterocycles. The van der Waals surface area contributed by atoms with Gasteiger partial charge >= 0.3 is 5.97 Å². The molecule has 1 aliphatic heterocycles. The van der Waals surface area contributed by atoms with Crippen LogP contribution in [0.1, 0.15) is 27.2 Å². The standard InChI is InChI=1S/C11H22O4Si/c1-11(2,3)16(4,5)14-7-9-8(12)6-10(13)15-9/h8-9,12H,6-7H2,1-5H3/t8-,9+/m0/s1. The number of cyclic esters (lactones) is 1. The molecule has 0 unspecified atom stereocenters. The van der Waals surface area contributed by atoms with E-state index in [0.29, 0.717) is 6.61 Å². The number of aliphatic hydroxyl groups excluding tert-OH is 1. The van der Waals surface area contributed by atoms with Crippen LogP contribution in [0.25, 0.3) is 0 Å². The topological polar surface area (TPSA) is 55.8 Å². The van der Waals surface area contributed by atoms with E-state index in [4.69, 9.17) is 9.16 Å². The predicted octanol–water partition coefficient (Wildman–Crippen LogP) is 1.68. The van der Waals surface area contributed by atoms with Gasteiger partial charge in [0.1, 0.15) is 6.10 Å². The zero-order valence-electron chi connectivity index (χ0n) is 10.7. The van der Waals surface area contributed by atoms with Gasteiger partial charge in [-0.05, 0) is 18.1 Å². The van der Waals surface area contributed by atoms with Crippen LogP contribution in [0.15, 0.2) is 0 Å². The van der Waals surface area contributed by atoms with E-state index in [1.165, 1.54) is 0 Å². The maximum Gasteiger partial charge on any atom is 0.309 e. The first kappa shape index (κ1) is 13.7. The average molecular weight is 246 g/mol. The molecule has 4 nitrogen and oxygen atoms in total. The molecule has 16 heavy (non-hydrogen) atoms. The molecule has 0 aromatic carbocycles. The number of ether oxygens (including phenoxy) is 1. The van der Waals surface area contributed by atoms with E-state index < -0.39 is 20.5 Å². The van der Waals surface area contributed by atoms with Crippen LogP contribution in [-0.2, 0) is 14.0 Å². The first-order valence-electron chi connectivity index (χ1n) is 5.65. The lowest BCUT2D eigenvalue weighted by atomic mass is 10.2. The molecule has 94 valence electrons. The highest BCUT2D eigenvalue weighted by Crippen LogP contribution is 2.36. The van der Waals surface area contributed by atoms with Crippen LogP contribution in [0.5, 0.6) is 0 Å². The van der Waals surface area contributed by atoms with E-state index in [9.17, 15) is 9.90 Å². The molecular weight excluding hydrogens is 224 g/mol. The molecule has 0 radical (unpaired) electrons. The Hall–Kier alpha value is -0.393. The predicted molar refractivity (Wildman–Crippen MR) is 63.7 cm³/mol. The normalized spacial score (nSPS) is 27.0. The fourth-order valence-electron chi connectivity index (χ4n) is 1.25. The molecule has 0 spiro atoms. The molecule has 1 rings (SSSR count). The van der Waals surface area contributed by atoms with Crippen molar-refractivity contribution in [3.8, 4) is 0 Å². The average Bonchev–Trinajstić information content (AvgIpc) is 2.39. The molecule has 5 heteroatoms. The minimum atomic E-state index is -1.83. The van der Waals surface area contributed by atoms with Gasteiger partial charge in [-0.15, -0.1) is 0 Å². The molecule has 1 N–H and O–H groups in total. The summed E-state index contributed by atoms with van der Waals surface area (Å²) in [5.41, 5.74) is 0. The Kier molecular flexibility index (Phi) is 3.82. The lowest BCUT2D eigenvalue weighted by molar-refractivity contribution is -0.143. The third kappa shape index (κ3) is 3.05. The molecule has 0 aromatic rings. The SMILES string of the molecule is CC(C)(C)[Si](C)(C)OC[C@H]1OC(=O)C[C@@H]1O. The summed E-state index contributed by atoms with van der Waals surface area (Å²) in [6.07, 6.45) is -1.11. The molecule has 0 aliphatic carbocycles. The summed E-state index contributed by atoms with van der Waals surface area (Å²) in [6.45, 7) is 11.0. The largest absolute Gasteiger partial charge is 0.457 e. The summed E-state index contributed by atoms with van der Waals surface area (Å²) < 4.78 is 10.9. The van der Waals surface area contributed by atoms with Crippen LogP contribution in [0.4, 0.5) is 0 Å². The van der Waals surface area contributed by atoms with Gasteiger partial charge in [0.05, 0.1) is 13.0 Å². The lowest BCUT2D eigenvalue weighted by Gasteiger charge is -2.36. The molecule has 1 heterocycles. The number of rotatable bonds is 3. The Morgan fingerprint density at radius 1 is 1.50 bits per heavy atom. The summed E-state index contributed by atoms with van der Waals surface area (Å²) in [4.78, 5) is 11.0. The van der Waals surface area contributed by atoms with Crippen LogP contribution in [-0.4, -0.2) is 38.2 Å². The molecule has 1 fully saturated rings. The molecule has 0 bridgehead atoms. The van der Waals surface area contributed by atoms with Crippen molar-refractivity contribution in [2.45, 2.75) is 57.5 Å². The van der Waals surface area contributed by atoms with Gasteiger partial charge in [0.15, 0.2) is 14.4 Å². The first-order chi connectivity index (χ1) is 7.13. The lowest BCUT2D eigenvalue weighted by Crippen LogP contribution is -2.43. The highest BCUT2D eigenvalue weighted by Gasteiger charge is 2.40. The summed E-state index contributed by atoms with van der Waals surface area (Å²) in [6, 6.07) is 0. The van der Waals surface area contributed by atoms with Crippen LogP contribution in [0.3, 0.4) is 0 Å². The number of hydrogen-bond acceptors (Lipinski definition) is 4. The van der Waals surface area contributed by atoms with Crippen molar-refractivity contribution in [3.63, 3.8) is 0 Å². The summed E-state index contributed by atoms with van der Waals surface area (Å²) in [7, 11) is -1.83. The second kappa shape index (κ2) is 4.47. The minimum absolute atomic E-state index is 0.0888. The van der Waals surface area contributed by atoms with Crippen LogP contribution < -0.4 is 0 Å². The van der Waals surface area contributed by atoms with E-state index in [0.717, 1.165) is 0 Å². The Labute approximate surface area is 98.1 Å². The Morgan fingerprint density at radius 3 is 2.44 bits per heavy atom. The maximum absolute atomic E-state index is 11.0. The van der Waals surface area contributed by atoms with Gasteiger partial charge in [-0.25, -0.2) is 0 Å². The Morgan fingerprint density at radius 2 is 2.06 bits per heavy atom. The van der Waals surface area contributed by atoms with E-state index in [2.05, 4.69) is 33.9 Å². The van der Waals surface area contributed by atoms with Crippen LogP contribution >= 0.6 is 0 Å². The number of esters is 1. The number of carbonyl (C=O) groups excluding carboxylic acids is 1. The molecule has 1 aliphatic rings. The van der Waals surface area contributed by atoms with Gasteiger partial charge in [0.2, 0.25) is 0 Å².